The normalized spacial score (nSPS) is 11.9. The number of allylic oxidation sites excluding steroid dienone is 1. The second-order valence-electron chi connectivity index (χ2n) is 3.37. The number of rotatable bonds is 7. The average molecular weight is 214 g/mol. The molecule has 84 valence electrons. The van der Waals surface area contributed by atoms with E-state index >= 15 is 0 Å². The maximum Gasteiger partial charge on any atom is 0.0258 e. The first-order chi connectivity index (χ1) is 6.73. The Labute approximate surface area is 92.4 Å². The monoisotopic (exact) mass is 214 g/mol. The number of nitrogens with zero attached hydrogens (tertiary/aromatic N) is 2. The lowest BCUT2D eigenvalue weighted by Gasteiger charge is -2.27. The Hall–Kier alpha value is -0.443. The molecule has 0 saturated heterocycles. The van der Waals surface area contributed by atoms with E-state index in [2.05, 4.69) is 43.7 Å². The minimum Gasteiger partial charge on any atom is -0.377 e. The van der Waals surface area contributed by atoms with Crippen LogP contribution in [0.25, 0.3) is 0 Å². The first-order valence-electron chi connectivity index (χ1n) is 5.92. The number of hydrogen-bond acceptors (Lipinski definition) is 2. The standard InChI is InChI=1S/C11H26N2Si/c1-5-12(6-2)9-11(10-14)13(7-3)8-4/h9H,5-8,10H2,1-4,14H3. The summed E-state index contributed by atoms with van der Waals surface area (Å²) < 4.78 is 0. The van der Waals surface area contributed by atoms with Gasteiger partial charge in [-0.15, -0.1) is 0 Å². The van der Waals surface area contributed by atoms with Crippen molar-refractivity contribution in [3.63, 3.8) is 0 Å². The molecule has 0 fully saturated rings. The minimum absolute atomic E-state index is 1.11. The van der Waals surface area contributed by atoms with Gasteiger partial charge < -0.3 is 9.80 Å². The third-order valence-electron chi connectivity index (χ3n) is 2.68. The van der Waals surface area contributed by atoms with Crippen molar-refractivity contribution in [2.45, 2.75) is 33.7 Å². The first kappa shape index (κ1) is 13.6. The highest BCUT2D eigenvalue weighted by molar-refractivity contribution is 6.10. The molecule has 0 unspecified atom stereocenters. The molecule has 0 heterocycles. The summed E-state index contributed by atoms with van der Waals surface area (Å²) in [5, 5.41) is 0. The van der Waals surface area contributed by atoms with Crippen molar-refractivity contribution < 1.29 is 0 Å². The summed E-state index contributed by atoms with van der Waals surface area (Å²) in [5.41, 5.74) is 1.52. The van der Waals surface area contributed by atoms with Gasteiger partial charge in [-0.05, 0) is 33.7 Å². The van der Waals surface area contributed by atoms with E-state index in [0.717, 1.165) is 26.2 Å². The zero-order valence-corrected chi connectivity index (χ0v) is 12.5. The van der Waals surface area contributed by atoms with E-state index in [1.165, 1.54) is 22.0 Å². The molecule has 0 aliphatic rings. The van der Waals surface area contributed by atoms with Crippen LogP contribution in [0.15, 0.2) is 11.9 Å². The Morgan fingerprint density at radius 2 is 1.50 bits per heavy atom. The Balaban J connectivity index is 4.49. The summed E-state index contributed by atoms with van der Waals surface area (Å²) in [7, 11) is 1.25. The third-order valence-corrected chi connectivity index (χ3v) is 3.40. The van der Waals surface area contributed by atoms with E-state index in [1.807, 2.05) is 0 Å². The molecular weight excluding hydrogens is 188 g/mol. The Morgan fingerprint density at radius 3 is 1.79 bits per heavy atom. The predicted molar refractivity (Wildman–Crippen MR) is 68.7 cm³/mol. The van der Waals surface area contributed by atoms with E-state index in [-0.39, 0.29) is 0 Å². The molecule has 0 amide bonds. The fourth-order valence-electron chi connectivity index (χ4n) is 1.64. The van der Waals surface area contributed by atoms with E-state index < -0.39 is 0 Å². The molecule has 3 heteroatoms. The summed E-state index contributed by atoms with van der Waals surface area (Å²) in [6.45, 7) is 13.4. The molecule has 14 heavy (non-hydrogen) atoms. The van der Waals surface area contributed by atoms with Gasteiger partial charge >= 0.3 is 0 Å². The molecule has 0 spiro atoms. The van der Waals surface area contributed by atoms with Crippen molar-refractivity contribution >= 4 is 10.2 Å². The van der Waals surface area contributed by atoms with Crippen molar-refractivity contribution in [3.8, 4) is 0 Å². The van der Waals surface area contributed by atoms with Crippen molar-refractivity contribution in [1.29, 1.82) is 0 Å². The maximum absolute atomic E-state index is 2.46. The van der Waals surface area contributed by atoms with Crippen molar-refractivity contribution in [1.82, 2.24) is 9.80 Å². The molecule has 0 aromatic carbocycles. The SMILES string of the molecule is CCN(C=C(C[SiH3])N(CC)CC)CC. The van der Waals surface area contributed by atoms with Crippen LogP contribution in [0.1, 0.15) is 27.7 Å². The van der Waals surface area contributed by atoms with Crippen LogP contribution >= 0.6 is 0 Å². The Kier molecular flexibility index (Phi) is 7.66. The van der Waals surface area contributed by atoms with Crippen LogP contribution in [0.4, 0.5) is 0 Å². The second-order valence-corrected chi connectivity index (χ2v) is 4.07. The summed E-state index contributed by atoms with van der Waals surface area (Å²) >= 11 is 0. The molecule has 0 aliphatic heterocycles. The van der Waals surface area contributed by atoms with Gasteiger partial charge in [0.05, 0.1) is 0 Å². The molecule has 0 aromatic heterocycles. The zero-order chi connectivity index (χ0) is 11.0. The van der Waals surface area contributed by atoms with Gasteiger partial charge in [-0.1, -0.05) is 0 Å². The fourth-order valence-corrected chi connectivity index (χ4v) is 2.27. The second kappa shape index (κ2) is 7.91. The zero-order valence-electron chi connectivity index (χ0n) is 10.5. The van der Waals surface area contributed by atoms with E-state index in [0.29, 0.717) is 0 Å². The molecule has 0 rings (SSSR count). The molecule has 0 atom stereocenters. The largest absolute Gasteiger partial charge is 0.377 e. The van der Waals surface area contributed by atoms with Crippen LogP contribution in [0.2, 0.25) is 6.04 Å². The molecule has 0 N–H and O–H groups in total. The average Bonchev–Trinajstić information content (AvgIpc) is 2.24. The molecule has 0 aliphatic carbocycles. The van der Waals surface area contributed by atoms with Gasteiger partial charge in [0.2, 0.25) is 0 Å². The Morgan fingerprint density at radius 1 is 1.00 bits per heavy atom. The molecule has 0 bridgehead atoms. The van der Waals surface area contributed by atoms with Gasteiger partial charge in [-0.3, -0.25) is 0 Å². The summed E-state index contributed by atoms with van der Waals surface area (Å²) in [6, 6.07) is 1.26. The van der Waals surface area contributed by atoms with Gasteiger partial charge in [-0.25, -0.2) is 0 Å². The van der Waals surface area contributed by atoms with E-state index in [1.54, 1.807) is 0 Å². The number of hydrogen-bond donors (Lipinski definition) is 0. The highest BCUT2D eigenvalue weighted by atomic mass is 28.1. The van der Waals surface area contributed by atoms with Crippen LogP contribution in [0.3, 0.4) is 0 Å². The summed E-state index contributed by atoms with van der Waals surface area (Å²) in [5.74, 6) is 0. The molecule has 2 nitrogen and oxygen atoms in total. The van der Waals surface area contributed by atoms with Crippen LogP contribution in [-0.2, 0) is 0 Å². The molecule has 0 radical (unpaired) electrons. The van der Waals surface area contributed by atoms with Crippen molar-refractivity contribution in [2.24, 2.45) is 0 Å². The third kappa shape index (κ3) is 4.18. The van der Waals surface area contributed by atoms with Gasteiger partial charge in [-0.2, -0.15) is 0 Å². The Bertz CT molecular complexity index is 161. The van der Waals surface area contributed by atoms with Gasteiger partial charge in [0, 0.05) is 48.3 Å². The quantitative estimate of drug-likeness (QED) is 0.589. The van der Waals surface area contributed by atoms with Gasteiger partial charge in [0.25, 0.3) is 0 Å². The van der Waals surface area contributed by atoms with Crippen LogP contribution in [-0.4, -0.2) is 46.2 Å². The molecule has 0 saturated carbocycles. The fraction of sp³-hybridized carbons (Fsp3) is 0.818. The maximum atomic E-state index is 2.46. The lowest BCUT2D eigenvalue weighted by molar-refractivity contribution is 0.351. The topological polar surface area (TPSA) is 6.48 Å². The van der Waals surface area contributed by atoms with Gasteiger partial charge in [0.15, 0.2) is 0 Å². The molecular formula is C11H26N2Si. The lowest BCUT2D eigenvalue weighted by atomic mass is 10.4. The van der Waals surface area contributed by atoms with E-state index in [4.69, 9.17) is 0 Å². The first-order valence-corrected chi connectivity index (χ1v) is 7.34. The summed E-state index contributed by atoms with van der Waals surface area (Å²) in [4.78, 5) is 4.84. The van der Waals surface area contributed by atoms with Crippen molar-refractivity contribution in [3.05, 3.63) is 11.9 Å². The predicted octanol–water partition coefficient (Wildman–Crippen LogP) is 1.30. The highest BCUT2D eigenvalue weighted by Crippen LogP contribution is 2.08. The van der Waals surface area contributed by atoms with Crippen LogP contribution in [0, 0.1) is 0 Å². The van der Waals surface area contributed by atoms with Crippen molar-refractivity contribution in [2.75, 3.05) is 26.2 Å². The van der Waals surface area contributed by atoms with Crippen LogP contribution in [0.5, 0.6) is 0 Å². The highest BCUT2D eigenvalue weighted by Gasteiger charge is 2.04. The molecule has 0 aromatic rings. The smallest absolute Gasteiger partial charge is 0.0258 e. The van der Waals surface area contributed by atoms with Crippen LogP contribution < -0.4 is 0 Å². The minimum atomic E-state index is 1.11. The van der Waals surface area contributed by atoms with E-state index in [9.17, 15) is 0 Å². The van der Waals surface area contributed by atoms with Gasteiger partial charge in [0.1, 0.15) is 0 Å². The lowest BCUT2D eigenvalue weighted by Crippen LogP contribution is -2.25. The summed E-state index contributed by atoms with van der Waals surface area (Å²) in [6.07, 6.45) is 2.35.